The van der Waals surface area contributed by atoms with Crippen LogP contribution in [0.1, 0.15) is 6.92 Å². The molecule has 0 aromatic heterocycles. The van der Waals surface area contributed by atoms with E-state index >= 15 is 0 Å². The van der Waals surface area contributed by atoms with Crippen LogP contribution in [-0.4, -0.2) is 25.5 Å². The third-order valence-electron chi connectivity index (χ3n) is 2.93. The first kappa shape index (κ1) is 16.4. The number of anilines is 2. The van der Waals surface area contributed by atoms with E-state index in [0.29, 0.717) is 22.9 Å². The number of ether oxygens (including phenoxy) is 2. The van der Waals surface area contributed by atoms with E-state index in [9.17, 15) is 9.59 Å². The summed E-state index contributed by atoms with van der Waals surface area (Å²) in [5.41, 5.74) is 1.26. The molecule has 0 aliphatic carbocycles. The van der Waals surface area contributed by atoms with Crippen LogP contribution in [0.4, 0.5) is 11.4 Å². The molecule has 6 nitrogen and oxygen atoms in total. The van der Waals surface area contributed by atoms with Crippen LogP contribution in [0.5, 0.6) is 11.5 Å². The van der Waals surface area contributed by atoms with E-state index in [1.165, 1.54) is 14.0 Å². The van der Waals surface area contributed by atoms with E-state index in [0.717, 1.165) is 0 Å². The van der Waals surface area contributed by atoms with Crippen LogP contribution in [-0.2, 0) is 9.59 Å². The zero-order chi connectivity index (χ0) is 16.7. The summed E-state index contributed by atoms with van der Waals surface area (Å²) < 4.78 is 10.6. The summed E-state index contributed by atoms with van der Waals surface area (Å²) in [6, 6.07) is 13.9. The van der Waals surface area contributed by atoms with E-state index < -0.39 is 0 Å². The normalized spacial score (nSPS) is 9.83. The molecule has 2 N–H and O–H groups in total. The quantitative estimate of drug-likeness (QED) is 0.859. The lowest BCUT2D eigenvalue weighted by Gasteiger charge is -2.11. The second-order valence-corrected chi connectivity index (χ2v) is 4.74. The van der Waals surface area contributed by atoms with Crippen LogP contribution in [0, 0.1) is 0 Å². The highest BCUT2D eigenvalue weighted by molar-refractivity contribution is 5.93. The van der Waals surface area contributed by atoms with Crippen molar-refractivity contribution in [1.82, 2.24) is 0 Å². The highest BCUT2D eigenvalue weighted by Crippen LogP contribution is 2.23. The molecule has 0 atom stereocenters. The number of carbonyl (C=O) groups is 2. The van der Waals surface area contributed by atoms with Crippen molar-refractivity contribution < 1.29 is 19.1 Å². The van der Waals surface area contributed by atoms with Gasteiger partial charge in [-0.1, -0.05) is 12.1 Å². The minimum atomic E-state index is -0.291. The number of benzene rings is 2. The van der Waals surface area contributed by atoms with Crippen molar-refractivity contribution in [2.24, 2.45) is 0 Å². The van der Waals surface area contributed by atoms with Crippen molar-refractivity contribution in [3.63, 3.8) is 0 Å². The summed E-state index contributed by atoms with van der Waals surface area (Å²) >= 11 is 0. The molecule has 0 bridgehead atoms. The van der Waals surface area contributed by atoms with E-state index in [-0.39, 0.29) is 18.4 Å². The fraction of sp³-hybridized carbons (Fsp3) is 0.176. The maximum atomic E-state index is 11.9. The second kappa shape index (κ2) is 7.84. The van der Waals surface area contributed by atoms with Gasteiger partial charge in [-0.2, -0.15) is 0 Å². The Kier molecular flexibility index (Phi) is 5.57. The van der Waals surface area contributed by atoms with Gasteiger partial charge in [0.1, 0.15) is 11.5 Å². The smallest absolute Gasteiger partial charge is 0.262 e. The second-order valence-electron chi connectivity index (χ2n) is 4.74. The Morgan fingerprint density at radius 1 is 1.00 bits per heavy atom. The van der Waals surface area contributed by atoms with Crippen LogP contribution in [0.2, 0.25) is 0 Å². The molecule has 2 aromatic rings. The summed E-state index contributed by atoms with van der Waals surface area (Å²) in [6.45, 7) is 1.31. The number of hydrogen-bond donors (Lipinski definition) is 2. The third kappa shape index (κ3) is 5.03. The predicted molar refractivity (Wildman–Crippen MR) is 87.9 cm³/mol. The molecule has 120 valence electrons. The Morgan fingerprint density at radius 2 is 1.70 bits per heavy atom. The van der Waals surface area contributed by atoms with Crippen molar-refractivity contribution >= 4 is 23.2 Å². The molecule has 2 rings (SSSR count). The molecule has 2 aromatic carbocycles. The molecule has 0 aliphatic heterocycles. The van der Waals surface area contributed by atoms with Gasteiger partial charge in [0.05, 0.1) is 12.8 Å². The van der Waals surface area contributed by atoms with Gasteiger partial charge < -0.3 is 20.1 Å². The average Bonchev–Trinajstić information content (AvgIpc) is 2.54. The fourth-order valence-corrected chi connectivity index (χ4v) is 1.92. The Balaban J connectivity index is 1.88. The highest BCUT2D eigenvalue weighted by Gasteiger charge is 2.07. The van der Waals surface area contributed by atoms with Gasteiger partial charge in [-0.3, -0.25) is 9.59 Å². The lowest BCUT2D eigenvalue weighted by molar-refractivity contribution is -0.118. The minimum Gasteiger partial charge on any atom is -0.495 e. The van der Waals surface area contributed by atoms with Crippen LogP contribution >= 0.6 is 0 Å². The van der Waals surface area contributed by atoms with Gasteiger partial charge in [-0.25, -0.2) is 0 Å². The monoisotopic (exact) mass is 314 g/mol. The van der Waals surface area contributed by atoms with Gasteiger partial charge in [-0.05, 0) is 36.4 Å². The molecule has 2 amide bonds. The number of carbonyl (C=O) groups excluding carboxylic acids is 2. The van der Waals surface area contributed by atoms with E-state index in [2.05, 4.69) is 10.6 Å². The van der Waals surface area contributed by atoms with Crippen LogP contribution in [0.15, 0.2) is 48.5 Å². The summed E-state index contributed by atoms with van der Waals surface area (Å²) in [5, 5.41) is 5.38. The molecule has 0 spiro atoms. The summed E-state index contributed by atoms with van der Waals surface area (Å²) in [6.07, 6.45) is 0. The first-order chi connectivity index (χ1) is 11.1. The number of amides is 2. The first-order valence-electron chi connectivity index (χ1n) is 7.02. The van der Waals surface area contributed by atoms with Crippen molar-refractivity contribution in [2.75, 3.05) is 24.4 Å². The molecule has 0 unspecified atom stereocenters. The molecule has 0 saturated heterocycles. The van der Waals surface area contributed by atoms with Gasteiger partial charge in [-0.15, -0.1) is 0 Å². The van der Waals surface area contributed by atoms with Crippen molar-refractivity contribution in [2.45, 2.75) is 6.92 Å². The van der Waals surface area contributed by atoms with Gasteiger partial charge >= 0.3 is 0 Å². The number of rotatable bonds is 6. The zero-order valence-corrected chi connectivity index (χ0v) is 13.0. The van der Waals surface area contributed by atoms with E-state index in [1.807, 2.05) is 6.07 Å². The predicted octanol–water partition coefficient (Wildman–Crippen LogP) is 2.67. The van der Waals surface area contributed by atoms with Crippen molar-refractivity contribution in [1.29, 1.82) is 0 Å². The van der Waals surface area contributed by atoms with E-state index in [4.69, 9.17) is 9.47 Å². The summed E-state index contributed by atoms with van der Waals surface area (Å²) in [5.74, 6) is 0.685. The standard InChI is InChI=1S/C17H18N2O4/c1-12(20)18-13-7-9-14(10-8-13)23-11-17(21)19-15-5-3-4-6-16(15)22-2/h3-10H,11H2,1-2H3,(H,18,20)(H,19,21). The molecule has 0 aliphatic rings. The van der Waals surface area contributed by atoms with Gasteiger partial charge in [0.25, 0.3) is 5.91 Å². The minimum absolute atomic E-state index is 0.127. The Labute approximate surface area is 134 Å². The Hall–Kier alpha value is -3.02. The Bertz CT molecular complexity index is 683. The average molecular weight is 314 g/mol. The maximum absolute atomic E-state index is 11.9. The van der Waals surface area contributed by atoms with Crippen LogP contribution in [0.25, 0.3) is 0 Å². The number of nitrogens with one attached hydrogen (secondary N) is 2. The topological polar surface area (TPSA) is 76.7 Å². The Morgan fingerprint density at radius 3 is 2.35 bits per heavy atom. The molecular formula is C17H18N2O4. The fourth-order valence-electron chi connectivity index (χ4n) is 1.92. The molecular weight excluding hydrogens is 296 g/mol. The number of methoxy groups -OCH3 is 1. The molecule has 0 fully saturated rings. The van der Waals surface area contributed by atoms with Gasteiger partial charge in [0.2, 0.25) is 5.91 Å². The molecule has 0 saturated carbocycles. The SMILES string of the molecule is COc1ccccc1NC(=O)COc1ccc(NC(C)=O)cc1. The molecule has 0 heterocycles. The third-order valence-corrected chi connectivity index (χ3v) is 2.93. The summed E-state index contributed by atoms with van der Waals surface area (Å²) in [7, 11) is 1.54. The highest BCUT2D eigenvalue weighted by atomic mass is 16.5. The van der Waals surface area contributed by atoms with E-state index in [1.54, 1.807) is 42.5 Å². The largest absolute Gasteiger partial charge is 0.495 e. The first-order valence-corrected chi connectivity index (χ1v) is 7.02. The lowest BCUT2D eigenvalue weighted by atomic mass is 10.3. The zero-order valence-electron chi connectivity index (χ0n) is 13.0. The molecule has 0 radical (unpaired) electrons. The molecule has 6 heteroatoms. The van der Waals surface area contributed by atoms with Crippen molar-refractivity contribution in [3.8, 4) is 11.5 Å². The van der Waals surface area contributed by atoms with Crippen LogP contribution < -0.4 is 20.1 Å². The number of hydrogen-bond acceptors (Lipinski definition) is 4. The lowest BCUT2D eigenvalue weighted by Crippen LogP contribution is -2.20. The number of para-hydroxylation sites is 2. The van der Waals surface area contributed by atoms with Crippen molar-refractivity contribution in [3.05, 3.63) is 48.5 Å². The van der Waals surface area contributed by atoms with Gasteiger partial charge in [0.15, 0.2) is 6.61 Å². The molecule has 23 heavy (non-hydrogen) atoms. The van der Waals surface area contributed by atoms with Gasteiger partial charge in [0, 0.05) is 12.6 Å². The maximum Gasteiger partial charge on any atom is 0.262 e. The summed E-state index contributed by atoms with van der Waals surface area (Å²) in [4.78, 5) is 22.9. The van der Waals surface area contributed by atoms with Crippen LogP contribution in [0.3, 0.4) is 0 Å².